The summed E-state index contributed by atoms with van der Waals surface area (Å²) in [5, 5.41) is 0. The van der Waals surface area contributed by atoms with E-state index < -0.39 is 0 Å². The van der Waals surface area contributed by atoms with Gasteiger partial charge in [-0.3, -0.25) is 9.69 Å². The van der Waals surface area contributed by atoms with Crippen LogP contribution in [0.3, 0.4) is 0 Å². The van der Waals surface area contributed by atoms with Gasteiger partial charge in [-0.25, -0.2) is 0 Å². The van der Waals surface area contributed by atoms with Gasteiger partial charge >= 0.3 is 0 Å². The third kappa shape index (κ3) is 3.49. The molecule has 0 aliphatic carbocycles. The second-order valence-corrected chi connectivity index (χ2v) is 7.37. The van der Waals surface area contributed by atoms with Crippen LogP contribution in [0.2, 0.25) is 0 Å². The zero-order valence-corrected chi connectivity index (χ0v) is 15.4. The van der Waals surface area contributed by atoms with Gasteiger partial charge in [0.05, 0.1) is 17.7 Å². The Morgan fingerprint density at radius 3 is 2.74 bits per heavy atom. The molecule has 23 heavy (non-hydrogen) atoms. The van der Waals surface area contributed by atoms with Gasteiger partial charge in [-0.2, -0.15) is 0 Å². The van der Waals surface area contributed by atoms with Gasteiger partial charge in [0, 0.05) is 4.47 Å². The Bertz CT molecular complexity index is 820. The average Bonchev–Trinajstić information content (AvgIpc) is 2.81. The first-order valence-electron chi connectivity index (χ1n) is 6.76. The van der Waals surface area contributed by atoms with E-state index in [4.69, 9.17) is 17.0 Å². The molecule has 1 amide bonds. The second kappa shape index (κ2) is 6.86. The number of anilines is 1. The second-order valence-electron chi connectivity index (χ2n) is 4.77. The molecule has 1 aliphatic rings. The van der Waals surface area contributed by atoms with Crippen molar-refractivity contribution in [2.45, 2.75) is 0 Å². The summed E-state index contributed by atoms with van der Waals surface area (Å²) >= 11 is 10.1. The van der Waals surface area contributed by atoms with Crippen LogP contribution >= 0.6 is 39.9 Å². The van der Waals surface area contributed by atoms with E-state index in [1.807, 2.05) is 54.6 Å². The number of ether oxygens (including phenoxy) is 1. The van der Waals surface area contributed by atoms with Crippen LogP contribution in [0.25, 0.3) is 6.08 Å². The van der Waals surface area contributed by atoms with Crippen LogP contribution in [0.1, 0.15) is 5.56 Å². The van der Waals surface area contributed by atoms with Crippen molar-refractivity contribution in [2.24, 2.45) is 0 Å². The van der Waals surface area contributed by atoms with E-state index in [9.17, 15) is 4.79 Å². The van der Waals surface area contributed by atoms with Gasteiger partial charge in [-0.1, -0.05) is 58.1 Å². The molecule has 0 aromatic heterocycles. The number of halogens is 1. The number of thiocarbonyl (C=S) groups is 1. The number of nitrogens with zero attached hydrogens (tertiary/aromatic N) is 1. The van der Waals surface area contributed by atoms with E-state index in [0.29, 0.717) is 9.23 Å². The number of benzene rings is 2. The largest absolute Gasteiger partial charge is 0.497 e. The number of rotatable bonds is 3. The quantitative estimate of drug-likeness (QED) is 0.538. The molecule has 1 saturated heterocycles. The smallest absolute Gasteiger partial charge is 0.270 e. The summed E-state index contributed by atoms with van der Waals surface area (Å²) in [5.74, 6) is 0.641. The van der Waals surface area contributed by atoms with Gasteiger partial charge in [-0.05, 0) is 42.0 Å². The van der Waals surface area contributed by atoms with Gasteiger partial charge < -0.3 is 4.74 Å². The number of amides is 1. The normalized spacial score (nSPS) is 16.3. The highest BCUT2D eigenvalue weighted by Gasteiger charge is 2.33. The maximum absolute atomic E-state index is 12.7. The molecule has 0 N–H and O–H groups in total. The van der Waals surface area contributed by atoms with Crippen LogP contribution in [0.15, 0.2) is 57.9 Å². The predicted molar refractivity (Wildman–Crippen MR) is 103 cm³/mol. The molecule has 0 spiro atoms. The predicted octanol–water partition coefficient (Wildman–Crippen LogP) is 4.86. The minimum Gasteiger partial charge on any atom is -0.497 e. The molecule has 1 fully saturated rings. The Kier molecular flexibility index (Phi) is 4.84. The summed E-state index contributed by atoms with van der Waals surface area (Å²) < 4.78 is 6.64. The molecule has 0 unspecified atom stereocenters. The van der Waals surface area contributed by atoms with Crippen LogP contribution in [-0.4, -0.2) is 17.3 Å². The van der Waals surface area contributed by atoms with Gasteiger partial charge in [-0.15, -0.1) is 0 Å². The maximum atomic E-state index is 12.7. The first kappa shape index (κ1) is 16.2. The summed E-state index contributed by atoms with van der Waals surface area (Å²) in [7, 11) is 1.62. The zero-order valence-electron chi connectivity index (χ0n) is 12.2. The minimum atomic E-state index is -0.110. The first-order chi connectivity index (χ1) is 11.1. The topological polar surface area (TPSA) is 29.5 Å². The Morgan fingerprint density at radius 2 is 2.00 bits per heavy atom. The molecule has 2 aromatic rings. The molecule has 0 saturated carbocycles. The number of carbonyl (C=O) groups excluding carboxylic acids is 1. The van der Waals surface area contributed by atoms with Gasteiger partial charge in [0.15, 0.2) is 4.32 Å². The van der Waals surface area contributed by atoms with Crippen molar-refractivity contribution in [3.8, 4) is 5.75 Å². The highest BCUT2D eigenvalue weighted by atomic mass is 79.9. The summed E-state index contributed by atoms with van der Waals surface area (Å²) in [4.78, 5) is 14.8. The van der Waals surface area contributed by atoms with Crippen molar-refractivity contribution in [3.63, 3.8) is 0 Å². The average molecular weight is 406 g/mol. The molecule has 0 atom stereocenters. The standard InChI is InChI=1S/C17H12BrNO2S2/c1-21-14-7-2-4-11(8-14)9-15-16(20)19(17(22)23-15)13-6-3-5-12(18)10-13/h2-10H,1H3/b15-9+. The lowest BCUT2D eigenvalue weighted by Crippen LogP contribution is -2.27. The molecule has 1 aliphatic heterocycles. The summed E-state index contributed by atoms with van der Waals surface area (Å²) in [6, 6.07) is 15.1. The van der Waals surface area contributed by atoms with E-state index in [0.717, 1.165) is 21.5 Å². The molecule has 3 nitrogen and oxygen atoms in total. The minimum absolute atomic E-state index is 0.110. The Morgan fingerprint density at radius 1 is 1.22 bits per heavy atom. The number of carbonyl (C=O) groups is 1. The highest BCUT2D eigenvalue weighted by Crippen LogP contribution is 2.36. The van der Waals surface area contributed by atoms with Crippen LogP contribution in [-0.2, 0) is 4.79 Å². The summed E-state index contributed by atoms with van der Waals surface area (Å²) in [6.45, 7) is 0. The fourth-order valence-electron chi connectivity index (χ4n) is 2.19. The summed E-state index contributed by atoms with van der Waals surface area (Å²) in [5.41, 5.74) is 1.66. The number of thioether (sulfide) groups is 1. The Balaban J connectivity index is 1.93. The number of hydrogen-bond donors (Lipinski definition) is 0. The van der Waals surface area contributed by atoms with Gasteiger partial charge in [0.1, 0.15) is 5.75 Å². The third-order valence-electron chi connectivity index (χ3n) is 3.25. The molecular formula is C17H12BrNO2S2. The van der Waals surface area contributed by atoms with Crippen LogP contribution in [0, 0.1) is 0 Å². The Labute approximate surface area is 152 Å². The molecule has 1 heterocycles. The van der Waals surface area contributed by atoms with Crippen molar-refractivity contribution in [2.75, 3.05) is 12.0 Å². The van der Waals surface area contributed by atoms with E-state index in [1.165, 1.54) is 11.8 Å². The van der Waals surface area contributed by atoms with E-state index in [-0.39, 0.29) is 5.91 Å². The molecule has 6 heteroatoms. The molecular weight excluding hydrogens is 394 g/mol. The van der Waals surface area contributed by atoms with Crippen molar-refractivity contribution >= 4 is 61.9 Å². The van der Waals surface area contributed by atoms with Crippen LogP contribution < -0.4 is 9.64 Å². The maximum Gasteiger partial charge on any atom is 0.270 e. The molecule has 0 bridgehead atoms. The van der Waals surface area contributed by atoms with Crippen molar-refractivity contribution in [1.29, 1.82) is 0 Å². The molecule has 0 radical (unpaired) electrons. The fraction of sp³-hybridized carbons (Fsp3) is 0.0588. The molecule has 116 valence electrons. The number of hydrogen-bond acceptors (Lipinski definition) is 4. The zero-order chi connectivity index (χ0) is 16.4. The van der Waals surface area contributed by atoms with Crippen molar-refractivity contribution < 1.29 is 9.53 Å². The Hall–Kier alpha value is -1.63. The SMILES string of the molecule is COc1cccc(/C=C2/SC(=S)N(c3cccc(Br)c3)C2=O)c1. The lowest BCUT2D eigenvalue weighted by atomic mass is 10.2. The van der Waals surface area contributed by atoms with E-state index in [1.54, 1.807) is 12.0 Å². The highest BCUT2D eigenvalue weighted by molar-refractivity contribution is 9.10. The number of methoxy groups -OCH3 is 1. The molecule has 2 aromatic carbocycles. The monoisotopic (exact) mass is 405 g/mol. The lowest BCUT2D eigenvalue weighted by Gasteiger charge is -2.14. The summed E-state index contributed by atoms with van der Waals surface area (Å²) in [6.07, 6.45) is 1.83. The van der Waals surface area contributed by atoms with Crippen LogP contribution in [0.5, 0.6) is 5.75 Å². The van der Waals surface area contributed by atoms with Crippen molar-refractivity contribution in [3.05, 3.63) is 63.5 Å². The lowest BCUT2D eigenvalue weighted by molar-refractivity contribution is -0.113. The van der Waals surface area contributed by atoms with Gasteiger partial charge in [0.2, 0.25) is 0 Å². The fourth-order valence-corrected chi connectivity index (χ4v) is 3.87. The van der Waals surface area contributed by atoms with E-state index >= 15 is 0 Å². The molecule has 3 rings (SSSR count). The van der Waals surface area contributed by atoms with Gasteiger partial charge in [0.25, 0.3) is 5.91 Å². The van der Waals surface area contributed by atoms with E-state index in [2.05, 4.69) is 15.9 Å². The third-order valence-corrected chi connectivity index (χ3v) is 5.05. The van der Waals surface area contributed by atoms with Crippen molar-refractivity contribution in [1.82, 2.24) is 0 Å². The van der Waals surface area contributed by atoms with Crippen LogP contribution in [0.4, 0.5) is 5.69 Å². The first-order valence-corrected chi connectivity index (χ1v) is 8.78.